The molecule has 1 N–H and O–H groups in total. The Kier molecular flexibility index (Phi) is 4.48. The Hall–Kier alpha value is -1.22. The summed E-state index contributed by atoms with van der Waals surface area (Å²) >= 11 is 0. The summed E-state index contributed by atoms with van der Waals surface area (Å²) in [6.45, 7) is 4.34. The molecule has 1 aliphatic heterocycles. The Morgan fingerprint density at radius 2 is 2.22 bits per heavy atom. The molecule has 3 heteroatoms. The molecule has 1 aromatic rings. The van der Waals surface area contributed by atoms with Gasteiger partial charge >= 0.3 is 0 Å². The predicted octanol–water partition coefficient (Wildman–Crippen LogP) is 2.90. The third-order valence-electron chi connectivity index (χ3n) is 3.86. The van der Waals surface area contributed by atoms with Crippen LogP contribution >= 0.6 is 0 Å². The van der Waals surface area contributed by atoms with Gasteiger partial charge in [0.05, 0.1) is 7.11 Å². The van der Waals surface area contributed by atoms with Crippen LogP contribution in [0.2, 0.25) is 0 Å². The smallest absolute Gasteiger partial charge is 0.121 e. The summed E-state index contributed by atoms with van der Waals surface area (Å²) in [4.78, 5) is 2.47. The Labute approximate surface area is 110 Å². The van der Waals surface area contributed by atoms with Crippen LogP contribution in [0, 0.1) is 6.92 Å². The summed E-state index contributed by atoms with van der Waals surface area (Å²) < 4.78 is 5.28. The molecule has 0 bridgehead atoms. The van der Waals surface area contributed by atoms with Crippen LogP contribution in [0.4, 0.5) is 5.69 Å². The molecule has 0 aromatic heterocycles. The van der Waals surface area contributed by atoms with E-state index in [1.54, 1.807) is 7.11 Å². The van der Waals surface area contributed by atoms with Gasteiger partial charge in [-0.3, -0.25) is 0 Å². The maximum Gasteiger partial charge on any atom is 0.121 e. The van der Waals surface area contributed by atoms with Crippen molar-refractivity contribution in [2.45, 2.75) is 32.2 Å². The first-order chi connectivity index (χ1) is 8.70. The molecule has 18 heavy (non-hydrogen) atoms. The van der Waals surface area contributed by atoms with Gasteiger partial charge in [-0.25, -0.2) is 0 Å². The van der Waals surface area contributed by atoms with Gasteiger partial charge < -0.3 is 15.0 Å². The van der Waals surface area contributed by atoms with Crippen LogP contribution in [0.5, 0.6) is 5.75 Å². The number of benzene rings is 1. The number of likely N-dealkylation sites (tertiary alicyclic amines) is 1. The summed E-state index contributed by atoms with van der Waals surface area (Å²) in [5.41, 5.74) is 2.37. The molecule has 0 saturated carbocycles. The minimum atomic E-state index is 0.668. The Morgan fingerprint density at radius 3 is 2.89 bits per heavy atom. The van der Waals surface area contributed by atoms with Crippen molar-refractivity contribution < 1.29 is 4.74 Å². The summed E-state index contributed by atoms with van der Waals surface area (Å²) in [5.74, 6) is 0.954. The van der Waals surface area contributed by atoms with Gasteiger partial charge in [0.2, 0.25) is 0 Å². The summed E-state index contributed by atoms with van der Waals surface area (Å²) in [6, 6.07) is 6.94. The van der Waals surface area contributed by atoms with E-state index >= 15 is 0 Å². The molecule has 2 rings (SSSR count). The number of hydrogen-bond acceptors (Lipinski definition) is 3. The van der Waals surface area contributed by atoms with E-state index in [1.165, 1.54) is 37.1 Å². The topological polar surface area (TPSA) is 24.5 Å². The molecule has 1 saturated heterocycles. The number of piperidine rings is 1. The second-order valence-electron chi connectivity index (χ2n) is 5.20. The van der Waals surface area contributed by atoms with Gasteiger partial charge in [-0.1, -0.05) is 6.42 Å². The van der Waals surface area contributed by atoms with Crippen LogP contribution in [0.1, 0.15) is 24.8 Å². The number of rotatable bonds is 4. The molecule has 1 heterocycles. The van der Waals surface area contributed by atoms with Crippen molar-refractivity contribution in [1.29, 1.82) is 0 Å². The highest BCUT2D eigenvalue weighted by molar-refractivity contribution is 5.50. The number of nitrogens with zero attached hydrogens (tertiary/aromatic N) is 1. The van der Waals surface area contributed by atoms with Crippen LogP contribution in [-0.4, -0.2) is 38.2 Å². The zero-order valence-electron chi connectivity index (χ0n) is 11.7. The fraction of sp³-hybridized carbons (Fsp3) is 0.600. The van der Waals surface area contributed by atoms with E-state index in [-0.39, 0.29) is 0 Å². The molecule has 1 unspecified atom stereocenters. The van der Waals surface area contributed by atoms with Crippen molar-refractivity contribution in [2.75, 3.05) is 32.6 Å². The highest BCUT2D eigenvalue weighted by Crippen LogP contribution is 2.22. The number of aryl methyl sites for hydroxylation is 1. The number of ether oxygens (including phenoxy) is 1. The standard InChI is InChI=1S/C15H24N2O/c1-12-10-13(7-8-15(12)18-3)16-11-14-6-4-5-9-17(14)2/h7-8,10,14,16H,4-6,9,11H2,1-3H3. The molecule has 1 aliphatic rings. The highest BCUT2D eigenvalue weighted by Gasteiger charge is 2.18. The third-order valence-corrected chi connectivity index (χ3v) is 3.86. The average molecular weight is 248 g/mol. The molecule has 3 nitrogen and oxygen atoms in total. The summed E-state index contributed by atoms with van der Waals surface area (Å²) in [5, 5.41) is 3.54. The molecule has 1 aromatic carbocycles. The van der Waals surface area contributed by atoms with Crippen LogP contribution in [0.15, 0.2) is 18.2 Å². The van der Waals surface area contributed by atoms with E-state index in [9.17, 15) is 0 Å². The van der Waals surface area contributed by atoms with Crippen LogP contribution in [0.3, 0.4) is 0 Å². The molecule has 1 fully saturated rings. The van der Waals surface area contributed by atoms with Gasteiger partial charge in [-0.15, -0.1) is 0 Å². The first kappa shape index (κ1) is 13.2. The first-order valence-electron chi connectivity index (χ1n) is 6.79. The quantitative estimate of drug-likeness (QED) is 0.886. The summed E-state index contributed by atoms with van der Waals surface area (Å²) in [7, 11) is 3.94. The maximum atomic E-state index is 5.28. The van der Waals surface area contributed by atoms with E-state index < -0.39 is 0 Å². The van der Waals surface area contributed by atoms with E-state index in [4.69, 9.17) is 4.74 Å². The van der Waals surface area contributed by atoms with Crippen LogP contribution < -0.4 is 10.1 Å². The Balaban J connectivity index is 1.91. The zero-order valence-corrected chi connectivity index (χ0v) is 11.7. The minimum absolute atomic E-state index is 0.668. The largest absolute Gasteiger partial charge is 0.496 e. The molecular formula is C15H24N2O. The fourth-order valence-electron chi connectivity index (χ4n) is 2.63. The molecule has 0 aliphatic carbocycles. The normalized spacial score (nSPS) is 20.7. The van der Waals surface area contributed by atoms with Crippen molar-refractivity contribution in [3.05, 3.63) is 23.8 Å². The van der Waals surface area contributed by atoms with Gasteiger partial charge in [0.25, 0.3) is 0 Å². The lowest BCUT2D eigenvalue weighted by Crippen LogP contribution is -2.40. The number of hydrogen-bond donors (Lipinski definition) is 1. The minimum Gasteiger partial charge on any atom is -0.496 e. The van der Waals surface area contributed by atoms with Gasteiger partial charge in [0.1, 0.15) is 5.75 Å². The van der Waals surface area contributed by atoms with E-state index in [0.717, 1.165) is 12.3 Å². The summed E-state index contributed by atoms with van der Waals surface area (Å²) in [6.07, 6.45) is 4.01. The Morgan fingerprint density at radius 1 is 1.39 bits per heavy atom. The van der Waals surface area contributed by atoms with Gasteiger partial charge in [0.15, 0.2) is 0 Å². The predicted molar refractivity (Wildman–Crippen MR) is 76.5 cm³/mol. The average Bonchev–Trinajstić information content (AvgIpc) is 2.38. The maximum absolute atomic E-state index is 5.28. The van der Waals surface area contributed by atoms with Crippen LogP contribution in [0.25, 0.3) is 0 Å². The molecule has 1 atom stereocenters. The number of methoxy groups -OCH3 is 1. The van der Waals surface area contributed by atoms with Crippen molar-refractivity contribution in [2.24, 2.45) is 0 Å². The highest BCUT2D eigenvalue weighted by atomic mass is 16.5. The lowest BCUT2D eigenvalue weighted by molar-refractivity contribution is 0.194. The van der Waals surface area contributed by atoms with E-state index in [2.05, 4.69) is 36.3 Å². The second-order valence-corrected chi connectivity index (χ2v) is 5.20. The van der Waals surface area contributed by atoms with Crippen molar-refractivity contribution in [1.82, 2.24) is 4.90 Å². The van der Waals surface area contributed by atoms with Crippen LogP contribution in [-0.2, 0) is 0 Å². The lowest BCUT2D eigenvalue weighted by atomic mass is 10.0. The monoisotopic (exact) mass is 248 g/mol. The SMILES string of the molecule is COc1ccc(NCC2CCCCN2C)cc1C. The molecular weight excluding hydrogens is 224 g/mol. The van der Waals surface area contributed by atoms with Gasteiger partial charge in [-0.05, 0) is 57.1 Å². The molecule has 0 radical (unpaired) electrons. The number of nitrogens with one attached hydrogen (secondary N) is 1. The van der Waals surface area contributed by atoms with Gasteiger partial charge in [-0.2, -0.15) is 0 Å². The zero-order chi connectivity index (χ0) is 13.0. The molecule has 0 spiro atoms. The molecule has 0 amide bonds. The number of anilines is 1. The second kappa shape index (κ2) is 6.10. The first-order valence-corrected chi connectivity index (χ1v) is 6.79. The van der Waals surface area contributed by atoms with Crippen molar-refractivity contribution in [3.63, 3.8) is 0 Å². The number of likely N-dealkylation sites (N-methyl/N-ethyl adjacent to an activating group) is 1. The molecule has 100 valence electrons. The fourth-order valence-corrected chi connectivity index (χ4v) is 2.63. The van der Waals surface area contributed by atoms with Crippen molar-refractivity contribution >= 4 is 5.69 Å². The lowest BCUT2D eigenvalue weighted by Gasteiger charge is -2.32. The van der Waals surface area contributed by atoms with Gasteiger partial charge in [0, 0.05) is 18.3 Å². The van der Waals surface area contributed by atoms with E-state index in [1.807, 2.05) is 6.07 Å². The van der Waals surface area contributed by atoms with Crippen molar-refractivity contribution in [3.8, 4) is 5.75 Å². The van der Waals surface area contributed by atoms with E-state index in [0.29, 0.717) is 6.04 Å². The third kappa shape index (κ3) is 3.16. The Bertz CT molecular complexity index is 392.